The lowest BCUT2D eigenvalue weighted by Crippen LogP contribution is -2.19. The third-order valence-electron chi connectivity index (χ3n) is 2.64. The van der Waals surface area contributed by atoms with E-state index in [0.29, 0.717) is 6.54 Å². The number of rotatable bonds is 2. The summed E-state index contributed by atoms with van der Waals surface area (Å²) in [6.45, 7) is 6.22. The summed E-state index contributed by atoms with van der Waals surface area (Å²) in [5.41, 5.74) is 2.87. The van der Waals surface area contributed by atoms with Crippen LogP contribution in [0.2, 0.25) is 0 Å². The van der Waals surface area contributed by atoms with Crippen molar-refractivity contribution < 1.29 is 4.52 Å². The van der Waals surface area contributed by atoms with Crippen molar-refractivity contribution >= 4 is 0 Å². The van der Waals surface area contributed by atoms with E-state index in [1.807, 2.05) is 33.0 Å². The Hall–Kier alpha value is -1.84. The van der Waals surface area contributed by atoms with Gasteiger partial charge < -0.3 is 9.09 Å². The SMILES string of the molecule is Cc1ccc(=O)n(Cc2c(C)noc2C)c1. The van der Waals surface area contributed by atoms with Crippen molar-refractivity contribution in [2.45, 2.75) is 27.3 Å². The average Bonchev–Trinajstić information content (AvgIpc) is 2.55. The Balaban J connectivity index is 2.41. The summed E-state index contributed by atoms with van der Waals surface area (Å²) in [6, 6.07) is 3.39. The van der Waals surface area contributed by atoms with Crippen LogP contribution in [0.4, 0.5) is 0 Å². The molecule has 0 aromatic carbocycles. The summed E-state index contributed by atoms with van der Waals surface area (Å²) in [6.07, 6.45) is 1.84. The molecule has 0 fully saturated rings. The highest BCUT2D eigenvalue weighted by Gasteiger charge is 2.09. The van der Waals surface area contributed by atoms with Crippen LogP contribution in [0.5, 0.6) is 0 Å². The van der Waals surface area contributed by atoms with Gasteiger partial charge in [0.25, 0.3) is 5.56 Å². The highest BCUT2D eigenvalue weighted by atomic mass is 16.5. The zero-order valence-electron chi connectivity index (χ0n) is 9.65. The smallest absolute Gasteiger partial charge is 0.250 e. The molecule has 4 nitrogen and oxygen atoms in total. The van der Waals surface area contributed by atoms with E-state index < -0.39 is 0 Å². The van der Waals surface area contributed by atoms with Gasteiger partial charge in [0.15, 0.2) is 0 Å². The maximum atomic E-state index is 11.6. The van der Waals surface area contributed by atoms with Gasteiger partial charge in [-0.2, -0.15) is 0 Å². The molecule has 0 aliphatic rings. The largest absolute Gasteiger partial charge is 0.361 e. The van der Waals surface area contributed by atoms with Gasteiger partial charge in [-0.05, 0) is 26.3 Å². The van der Waals surface area contributed by atoms with Gasteiger partial charge in [-0.15, -0.1) is 0 Å². The van der Waals surface area contributed by atoms with Gasteiger partial charge in [0, 0.05) is 17.8 Å². The molecule has 0 radical (unpaired) electrons. The molecule has 2 aromatic rings. The normalized spacial score (nSPS) is 10.7. The van der Waals surface area contributed by atoms with E-state index in [1.165, 1.54) is 0 Å². The Morgan fingerprint density at radius 1 is 1.31 bits per heavy atom. The second-order valence-corrected chi connectivity index (χ2v) is 3.98. The lowest BCUT2D eigenvalue weighted by Gasteiger charge is -2.05. The summed E-state index contributed by atoms with van der Waals surface area (Å²) in [5.74, 6) is 0.769. The van der Waals surface area contributed by atoms with E-state index in [4.69, 9.17) is 4.52 Å². The lowest BCUT2D eigenvalue weighted by molar-refractivity contribution is 0.392. The predicted octanol–water partition coefficient (Wildman–Crippen LogP) is 1.81. The average molecular weight is 218 g/mol. The monoisotopic (exact) mass is 218 g/mol. The van der Waals surface area contributed by atoms with Gasteiger partial charge in [-0.25, -0.2) is 0 Å². The summed E-state index contributed by atoms with van der Waals surface area (Å²) in [4.78, 5) is 11.6. The van der Waals surface area contributed by atoms with Crippen LogP contribution in [0.3, 0.4) is 0 Å². The van der Waals surface area contributed by atoms with E-state index in [9.17, 15) is 4.79 Å². The van der Waals surface area contributed by atoms with Crippen LogP contribution in [0.1, 0.15) is 22.6 Å². The van der Waals surface area contributed by atoms with Crippen LogP contribution in [-0.4, -0.2) is 9.72 Å². The minimum absolute atomic E-state index is 0.00870. The van der Waals surface area contributed by atoms with Gasteiger partial charge in [0.2, 0.25) is 0 Å². The molecule has 2 aromatic heterocycles. The number of pyridine rings is 1. The molecule has 84 valence electrons. The Labute approximate surface area is 93.5 Å². The van der Waals surface area contributed by atoms with Crippen molar-refractivity contribution in [3.63, 3.8) is 0 Å². The van der Waals surface area contributed by atoms with Crippen LogP contribution in [-0.2, 0) is 6.54 Å². The van der Waals surface area contributed by atoms with Crippen molar-refractivity contribution in [2.75, 3.05) is 0 Å². The Bertz CT molecular complexity index is 547. The fraction of sp³-hybridized carbons (Fsp3) is 0.333. The summed E-state index contributed by atoms with van der Waals surface area (Å²) >= 11 is 0. The standard InChI is InChI=1S/C12H14N2O2/c1-8-4-5-12(15)14(6-8)7-11-9(2)13-16-10(11)3/h4-6H,7H2,1-3H3. The van der Waals surface area contributed by atoms with Crippen LogP contribution in [0.25, 0.3) is 0 Å². The number of aromatic nitrogens is 2. The first-order valence-electron chi connectivity index (χ1n) is 5.17. The highest BCUT2D eigenvalue weighted by Crippen LogP contribution is 2.13. The molecule has 0 saturated carbocycles. The molecule has 0 bridgehead atoms. The zero-order valence-corrected chi connectivity index (χ0v) is 9.65. The second kappa shape index (κ2) is 3.96. The first kappa shape index (κ1) is 10.7. The molecule has 0 atom stereocenters. The minimum Gasteiger partial charge on any atom is -0.361 e. The molecule has 0 N–H and O–H groups in total. The van der Waals surface area contributed by atoms with Crippen molar-refractivity contribution in [1.82, 2.24) is 9.72 Å². The minimum atomic E-state index is -0.00870. The van der Waals surface area contributed by atoms with Gasteiger partial charge in [0.05, 0.1) is 12.2 Å². The molecule has 4 heteroatoms. The molecule has 2 heterocycles. The highest BCUT2D eigenvalue weighted by molar-refractivity contribution is 5.21. The quantitative estimate of drug-likeness (QED) is 0.772. The van der Waals surface area contributed by atoms with E-state index >= 15 is 0 Å². The number of nitrogens with zero attached hydrogens (tertiary/aromatic N) is 2. The number of aryl methyl sites for hydroxylation is 3. The first-order chi connectivity index (χ1) is 7.58. The topological polar surface area (TPSA) is 48.0 Å². The van der Waals surface area contributed by atoms with Gasteiger partial charge >= 0.3 is 0 Å². The second-order valence-electron chi connectivity index (χ2n) is 3.98. The van der Waals surface area contributed by atoms with Crippen molar-refractivity contribution in [3.05, 3.63) is 51.3 Å². The van der Waals surface area contributed by atoms with Crippen molar-refractivity contribution in [2.24, 2.45) is 0 Å². The van der Waals surface area contributed by atoms with Gasteiger partial charge in [-0.1, -0.05) is 11.2 Å². The molecule has 16 heavy (non-hydrogen) atoms. The fourth-order valence-corrected chi connectivity index (χ4v) is 1.67. The Kier molecular flexibility index (Phi) is 2.64. The third-order valence-corrected chi connectivity index (χ3v) is 2.64. The number of hydrogen-bond acceptors (Lipinski definition) is 3. The van der Waals surface area contributed by atoms with E-state index in [0.717, 1.165) is 22.6 Å². The Morgan fingerprint density at radius 3 is 2.69 bits per heavy atom. The first-order valence-corrected chi connectivity index (χ1v) is 5.17. The maximum Gasteiger partial charge on any atom is 0.250 e. The molecule has 0 aliphatic heterocycles. The molecule has 0 unspecified atom stereocenters. The van der Waals surface area contributed by atoms with Gasteiger partial charge in [0.1, 0.15) is 5.76 Å². The summed E-state index contributed by atoms with van der Waals surface area (Å²) in [5, 5.41) is 3.87. The van der Waals surface area contributed by atoms with Crippen LogP contribution in [0, 0.1) is 20.8 Å². The maximum absolute atomic E-state index is 11.6. The predicted molar refractivity (Wildman–Crippen MR) is 60.5 cm³/mol. The molecule has 2 rings (SSSR count). The fourth-order valence-electron chi connectivity index (χ4n) is 1.67. The van der Waals surface area contributed by atoms with Crippen LogP contribution >= 0.6 is 0 Å². The van der Waals surface area contributed by atoms with Crippen LogP contribution < -0.4 is 5.56 Å². The van der Waals surface area contributed by atoms with Crippen LogP contribution in [0.15, 0.2) is 27.6 Å². The summed E-state index contributed by atoms with van der Waals surface area (Å²) in [7, 11) is 0. The molecular weight excluding hydrogens is 204 g/mol. The lowest BCUT2D eigenvalue weighted by atomic mass is 10.2. The third kappa shape index (κ3) is 1.91. The van der Waals surface area contributed by atoms with Crippen molar-refractivity contribution in [3.8, 4) is 0 Å². The Morgan fingerprint density at radius 2 is 2.06 bits per heavy atom. The molecule has 0 amide bonds. The zero-order chi connectivity index (χ0) is 11.7. The van der Waals surface area contributed by atoms with E-state index in [-0.39, 0.29) is 5.56 Å². The van der Waals surface area contributed by atoms with E-state index in [2.05, 4.69) is 5.16 Å². The number of hydrogen-bond donors (Lipinski definition) is 0. The molecule has 0 spiro atoms. The molecule has 0 aliphatic carbocycles. The van der Waals surface area contributed by atoms with Gasteiger partial charge in [-0.3, -0.25) is 4.79 Å². The van der Waals surface area contributed by atoms with Crippen molar-refractivity contribution in [1.29, 1.82) is 0 Å². The molecule has 0 saturated heterocycles. The molecular formula is C12H14N2O2. The summed E-state index contributed by atoms with van der Waals surface area (Å²) < 4.78 is 6.74. The van der Waals surface area contributed by atoms with E-state index in [1.54, 1.807) is 10.6 Å².